The summed E-state index contributed by atoms with van der Waals surface area (Å²) in [7, 11) is -2.21. The molecule has 4 aromatic rings. The summed E-state index contributed by atoms with van der Waals surface area (Å²) in [6.07, 6.45) is -1.11. The summed E-state index contributed by atoms with van der Waals surface area (Å²) in [5.41, 5.74) is 5.63. The van der Waals surface area contributed by atoms with Gasteiger partial charge in [0, 0.05) is 36.0 Å². The van der Waals surface area contributed by atoms with Gasteiger partial charge in [-0.1, -0.05) is 77.8 Å². The van der Waals surface area contributed by atoms with Crippen LogP contribution in [0.25, 0.3) is 32.8 Å². The molecule has 1 N–H and O–H groups in total. The van der Waals surface area contributed by atoms with Gasteiger partial charge in [0.15, 0.2) is 5.82 Å². The number of benzene rings is 3. The average molecular weight is 674 g/mol. The van der Waals surface area contributed by atoms with Crippen LogP contribution in [-0.2, 0) is 0 Å². The van der Waals surface area contributed by atoms with Gasteiger partial charge in [0.2, 0.25) is 5.28 Å². The van der Waals surface area contributed by atoms with E-state index in [0.29, 0.717) is 38.8 Å². The second-order valence-electron chi connectivity index (χ2n) is 13.1. The minimum absolute atomic E-state index is 0.00393. The van der Waals surface area contributed by atoms with Gasteiger partial charge in [0.1, 0.15) is 25.2 Å². The van der Waals surface area contributed by atoms with Crippen LogP contribution in [0.1, 0.15) is 53.5 Å². The first kappa shape index (κ1) is 34.1. The Morgan fingerprint density at radius 3 is 2.36 bits per heavy atom. The number of carboxylic acid groups (broad SMARTS) is 1. The molecule has 0 spiro atoms. The lowest BCUT2D eigenvalue weighted by Gasteiger charge is -2.39. The van der Waals surface area contributed by atoms with Crippen LogP contribution < -0.4 is 4.90 Å². The molecule has 0 unspecified atom stereocenters. The predicted octanol–water partition coefficient (Wildman–Crippen LogP) is 9.03. The highest BCUT2D eigenvalue weighted by Gasteiger charge is 2.42. The lowest BCUT2D eigenvalue weighted by molar-refractivity contribution is 0.119. The number of hydrogen-bond acceptors (Lipinski definition) is 5. The Balaban J connectivity index is 1.69. The zero-order chi connectivity index (χ0) is 34.2. The Kier molecular flexibility index (Phi) is 9.77. The van der Waals surface area contributed by atoms with E-state index in [4.69, 9.17) is 11.6 Å². The fraction of sp³-hybridized carbons (Fsp3) is 0.389. The monoisotopic (exact) mass is 673 g/mol. The molecule has 1 saturated heterocycles. The van der Waals surface area contributed by atoms with Crippen molar-refractivity contribution < 1.29 is 18.7 Å². The van der Waals surface area contributed by atoms with Crippen molar-refractivity contribution in [3.63, 3.8) is 0 Å². The molecule has 1 aliphatic rings. The number of anilines is 1. The van der Waals surface area contributed by atoms with Gasteiger partial charge in [-0.2, -0.15) is 10.2 Å². The minimum Gasteiger partial charge on any atom is -0.465 e. The second kappa shape index (κ2) is 13.5. The number of aromatic nitrogens is 2. The molecule has 1 atom stereocenters. The zero-order valence-electron chi connectivity index (χ0n) is 27.4. The van der Waals surface area contributed by atoms with E-state index < -0.39 is 31.8 Å². The van der Waals surface area contributed by atoms with Crippen molar-refractivity contribution in [2.24, 2.45) is 0 Å². The number of halogens is 3. The Labute approximate surface area is 280 Å². The Morgan fingerprint density at radius 2 is 1.72 bits per heavy atom. The van der Waals surface area contributed by atoms with E-state index in [1.807, 2.05) is 23.1 Å². The molecule has 1 amide bonds. The van der Waals surface area contributed by atoms with Crippen LogP contribution in [0.3, 0.4) is 0 Å². The Bertz CT molecular complexity index is 1950. The molecule has 0 bridgehead atoms. The van der Waals surface area contributed by atoms with Crippen molar-refractivity contribution in [3.8, 4) is 28.7 Å². The summed E-state index contributed by atoms with van der Waals surface area (Å²) in [4.78, 5) is 23.5. The summed E-state index contributed by atoms with van der Waals surface area (Å²) in [5.74, 6) is 2.54. The summed E-state index contributed by atoms with van der Waals surface area (Å²) < 4.78 is 32.4. The average Bonchev–Trinajstić information content (AvgIpc) is 3.01. The predicted molar refractivity (Wildman–Crippen MR) is 186 cm³/mol. The first-order valence-electron chi connectivity index (χ1n) is 15.8. The number of carbonyl (C=O) groups is 1. The standard InChI is InChI=1S/C36H38ClF2N5O2Si/c1-21(2)47(22(3)4,23(5)6)19-15-28-30(38)13-10-24-8-7-9-26(31(24)28)27-11-12-29-33(32(27)39)41-35(37)42-34(29)43-17-18-44(36(45)46)25(20-43)14-16-40/h7-13,21-23,25H,14,17-18,20H2,1-6H3,(H,45,46)/t25-/m0/s1. The van der Waals surface area contributed by atoms with Gasteiger partial charge >= 0.3 is 6.09 Å². The molecule has 1 aromatic heterocycles. The van der Waals surface area contributed by atoms with Crippen molar-refractivity contribution in [3.05, 3.63) is 64.9 Å². The summed E-state index contributed by atoms with van der Waals surface area (Å²) in [5, 5.41) is 20.4. The van der Waals surface area contributed by atoms with Crippen molar-refractivity contribution in [2.75, 3.05) is 24.5 Å². The van der Waals surface area contributed by atoms with E-state index in [1.165, 1.54) is 11.0 Å². The molecular formula is C36H38ClF2N5O2Si. The second-order valence-corrected chi connectivity index (χ2v) is 19.0. The topological polar surface area (TPSA) is 93.3 Å². The number of rotatable bonds is 6. The van der Waals surface area contributed by atoms with E-state index in [2.05, 4.69) is 63.0 Å². The van der Waals surface area contributed by atoms with Crippen LogP contribution in [0.15, 0.2) is 42.5 Å². The normalized spacial score (nSPS) is 15.4. The molecule has 7 nitrogen and oxygen atoms in total. The summed E-state index contributed by atoms with van der Waals surface area (Å²) in [6.45, 7) is 13.8. The molecule has 11 heteroatoms. The lowest BCUT2D eigenvalue weighted by Crippen LogP contribution is -2.55. The molecule has 1 aliphatic heterocycles. The molecule has 0 aliphatic carbocycles. The van der Waals surface area contributed by atoms with Crippen molar-refractivity contribution in [1.82, 2.24) is 14.9 Å². The third-order valence-electron chi connectivity index (χ3n) is 9.67. The maximum absolute atomic E-state index is 16.7. The molecule has 5 rings (SSSR count). The smallest absolute Gasteiger partial charge is 0.407 e. The van der Waals surface area contributed by atoms with Crippen molar-refractivity contribution in [1.29, 1.82) is 5.26 Å². The van der Waals surface area contributed by atoms with E-state index in [1.54, 1.807) is 24.3 Å². The van der Waals surface area contributed by atoms with Crippen LogP contribution in [-0.4, -0.2) is 59.8 Å². The highest BCUT2D eigenvalue weighted by molar-refractivity contribution is 6.90. The number of nitriles is 1. The highest BCUT2D eigenvalue weighted by Crippen LogP contribution is 2.42. The molecule has 3 aromatic carbocycles. The van der Waals surface area contributed by atoms with Crippen molar-refractivity contribution in [2.45, 2.75) is 70.6 Å². The maximum Gasteiger partial charge on any atom is 0.407 e. The van der Waals surface area contributed by atoms with Crippen molar-refractivity contribution >= 4 is 53.3 Å². The van der Waals surface area contributed by atoms with E-state index >= 15 is 8.78 Å². The molecule has 1 fully saturated rings. The number of piperazine rings is 1. The maximum atomic E-state index is 16.7. The Hall–Kier alpha value is -4.25. The molecular weight excluding hydrogens is 636 g/mol. The molecule has 0 radical (unpaired) electrons. The number of amides is 1. The summed E-state index contributed by atoms with van der Waals surface area (Å²) >= 11 is 6.36. The van der Waals surface area contributed by atoms with E-state index in [0.717, 1.165) is 5.39 Å². The van der Waals surface area contributed by atoms with E-state index in [9.17, 15) is 15.2 Å². The lowest BCUT2D eigenvalue weighted by atomic mass is 9.93. The number of hydrogen-bond donors (Lipinski definition) is 1. The van der Waals surface area contributed by atoms with Gasteiger partial charge in [-0.05, 0) is 51.3 Å². The Morgan fingerprint density at radius 1 is 1.02 bits per heavy atom. The van der Waals surface area contributed by atoms with Crippen LogP contribution >= 0.6 is 11.6 Å². The largest absolute Gasteiger partial charge is 0.465 e. The molecule has 244 valence electrons. The SMILES string of the molecule is CC(C)[Si](C#Cc1c(F)ccc2cccc(-c3ccc4c(N5CCN(C(=O)O)[C@@H](CC#N)C5)nc(Cl)nc4c3F)c12)(C(C)C)C(C)C. The highest BCUT2D eigenvalue weighted by atomic mass is 35.5. The third-order valence-corrected chi connectivity index (χ3v) is 16.1. The van der Waals surface area contributed by atoms with Gasteiger partial charge in [-0.25, -0.2) is 18.6 Å². The van der Waals surface area contributed by atoms with Gasteiger partial charge < -0.3 is 14.9 Å². The third kappa shape index (κ3) is 6.13. The molecule has 2 heterocycles. The fourth-order valence-electron chi connectivity index (χ4n) is 7.45. The van der Waals surface area contributed by atoms with Crippen LogP contribution in [0.2, 0.25) is 21.9 Å². The van der Waals surface area contributed by atoms with Gasteiger partial charge in [0.25, 0.3) is 0 Å². The first-order chi connectivity index (χ1) is 22.3. The number of fused-ring (bicyclic) bond motifs is 2. The zero-order valence-corrected chi connectivity index (χ0v) is 29.2. The number of nitrogens with zero attached hydrogens (tertiary/aromatic N) is 5. The summed E-state index contributed by atoms with van der Waals surface area (Å²) in [6, 6.07) is 13.3. The van der Waals surface area contributed by atoms with Crippen LogP contribution in [0, 0.1) is 34.4 Å². The van der Waals surface area contributed by atoms with Gasteiger partial charge in [-0.15, -0.1) is 5.54 Å². The van der Waals surface area contributed by atoms with Crippen LogP contribution in [0.4, 0.5) is 19.4 Å². The van der Waals surface area contributed by atoms with Crippen LogP contribution in [0.5, 0.6) is 0 Å². The minimum atomic E-state index is -2.21. The quantitative estimate of drug-likeness (QED) is 0.125. The molecule has 0 saturated carbocycles. The first-order valence-corrected chi connectivity index (χ1v) is 18.4. The van der Waals surface area contributed by atoms with Gasteiger partial charge in [0.05, 0.1) is 24.1 Å². The van der Waals surface area contributed by atoms with E-state index in [-0.39, 0.29) is 48.0 Å². The fourth-order valence-corrected chi connectivity index (χ4v) is 12.8. The van der Waals surface area contributed by atoms with Gasteiger partial charge in [-0.3, -0.25) is 0 Å². The molecule has 47 heavy (non-hydrogen) atoms.